The Balaban J connectivity index is 2.65. The predicted octanol–water partition coefficient (Wildman–Crippen LogP) is 4.52. The first-order valence-electron chi connectivity index (χ1n) is 6.02. The molecule has 0 N–H and O–H groups in total. The molecule has 0 spiro atoms. The highest BCUT2D eigenvalue weighted by Gasteiger charge is 2.29. The van der Waals surface area contributed by atoms with E-state index in [1.54, 1.807) is 0 Å². The van der Waals surface area contributed by atoms with E-state index in [1.165, 1.54) is 28.4 Å². The van der Waals surface area contributed by atoms with Crippen LogP contribution in [0.5, 0.6) is 0 Å². The van der Waals surface area contributed by atoms with E-state index in [0.29, 0.717) is 0 Å². The van der Waals surface area contributed by atoms with Gasteiger partial charge < -0.3 is 0 Å². The normalized spacial score (nSPS) is 14.5. The van der Waals surface area contributed by atoms with E-state index < -0.39 is 6.69 Å². The third kappa shape index (κ3) is 2.38. The first kappa shape index (κ1) is 12.6. The lowest BCUT2D eigenvalue weighted by molar-refractivity contribution is 1.07. The van der Waals surface area contributed by atoms with E-state index in [-0.39, 0.29) is 0 Å². The molecule has 0 amide bonds. The number of hydrogen-bond acceptors (Lipinski definition) is 0. The highest BCUT2D eigenvalue weighted by Crippen LogP contribution is 2.25. The number of fused-ring (bicyclic) bond motifs is 1. The molecule has 2 aromatic carbocycles. The third-order valence-corrected chi connectivity index (χ3v) is 9.82. The molecule has 0 aliphatic heterocycles. The molecule has 2 heteroatoms. The minimum absolute atomic E-state index is 1.19. The van der Waals surface area contributed by atoms with E-state index >= 15 is 0 Å². The van der Waals surface area contributed by atoms with Crippen molar-refractivity contribution in [2.45, 2.75) is 19.4 Å². The Kier molecular flexibility index (Phi) is 3.85. The molecule has 0 saturated carbocycles. The minimum Gasteiger partial charge on any atom is -0.115 e. The van der Waals surface area contributed by atoms with E-state index in [1.807, 2.05) is 0 Å². The van der Waals surface area contributed by atoms with Crippen LogP contribution in [-0.4, -0.2) is 6.69 Å². The molecule has 2 rings (SSSR count). The Hall–Kier alpha value is -0.863. The molecule has 17 heavy (non-hydrogen) atoms. The summed E-state index contributed by atoms with van der Waals surface area (Å²) >= 11 is 3.99. The first-order valence-corrected chi connectivity index (χ1v) is 10.6. The topological polar surface area (TPSA) is 0 Å². The number of benzene rings is 2. The average molecular weight is 305 g/mol. The second-order valence-electron chi connectivity index (χ2n) is 4.34. The summed E-state index contributed by atoms with van der Waals surface area (Å²) < 4.78 is 0. The standard InChI is InChI=1S/C15H17BrSi/c1-3-12-17(16,4-2)15-11-7-9-13-8-5-6-10-14(13)15/h4-11H,2-3,12H2,1H3. The second kappa shape index (κ2) is 5.19. The summed E-state index contributed by atoms with van der Waals surface area (Å²) in [4.78, 5) is 0. The Morgan fingerprint density at radius 2 is 1.88 bits per heavy atom. The Morgan fingerprint density at radius 1 is 1.18 bits per heavy atom. The van der Waals surface area contributed by atoms with Crippen molar-refractivity contribution in [3.63, 3.8) is 0 Å². The Morgan fingerprint density at radius 3 is 2.59 bits per heavy atom. The summed E-state index contributed by atoms with van der Waals surface area (Å²) in [5, 5.41) is 4.14. The predicted molar refractivity (Wildman–Crippen MR) is 83.6 cm³/mol. The molecule has 88 valence electrons. The highest BCUT2D eigenvalue weighted by atomic mass is 79.9. The molecule has 0 aromatic heterocycles. The SMILES string of the molecule is C=C[Si](Br)(CCC)c1cccc2ccccc12. The van der Waals surface area contributed by atoms with Crippen molar-refractivity contribution in [1.82, 2.24) is 0 Å². The summed E-state index contributed by atoms with van der Waals surface area (Å²) in [5.74, 6) is 0. The highest BCUT2D eigenvalue weighted by molar-refractivity contribution is 9.26. The Labute approximate surface area is 112 Å². The van der Waals surface area contributed by atoms with Crippen molar-refractivity contribution < 1.29 is 0 Å². The molecule has 0 aliphatic carbocycles. The molecule has 2 aromatic rings. The lowest BCUT2D eigenvalue weighted by Gasteiger charge is -2.22. The first-order chi connectivity index (χ1) is 8.21. The van der Waals surface area contributed by atoms with Crippen LogP contribution in [0.3, 0.4) is 0 Å². The van der Waals surface area contributed by atoms with Crippen LogP contribution in [0.2, 0.25) is 6.04 Å². The summed E-state index contributed by atoms with van der Waals surface area (Å²) in [6.07, 6.45) is 1.19. The molecule has 1 atom stereocenters. The average Bonchev–Trinajstić information content (AvgIpc) is 2.38. The lowest BCUT2D eigenvalue weighted by atomic mass is 10.1. The van der Waals surface area contributed by atoms with Crippen LogP contribution in [0, 0.1) is 0 Å². The maximum absolute atomic E-state index is 4.05. The fraction of sp³-hybridized carbons (Fsp3) is 0.200. The van der Waals surface area contributed by atoms with Gasteiger partial charge in [0.15, 0.2) is 6.69 Å². The van der Waals surface area contributed by atoms with Gasteiger partial charge >= 0.3 is 0 Å². The molecule has 0 aliphatic rings. The van der Waals surface area contributed by atoms with Gasteiger partial charge in [-0.3, -0.25) is 0 Å². The molecule has 0 fully saturated rings. The third-order valence-electron chi connectivity index (χ3n) is 3.17. The van der Waals surface area contributed by atoms with E-state index in [9.17, 15) is 0 Å². The van der Waals surface area contributed by atoms with Gasteiger partial charge in [-0.2, -0.15) is 0 Å². The quantitative estimate of drug-likeness (QED) is 0.575. The van der Waals surface area contributed by atoms with Crippen LogP contribution in [0.4, 0.5) is 0 Å². The van der Waals surface area contributed by atoms with Crippen LogP contribution >= 0.6 is 15.3 Å². The summed E-state index contributed by atoms with van der Waals surface area (Å²) in [7, 11) is 0. The molecule has 1 unspecified atom stereocenters. The van der Waals surface area contributed by atoms with Crippen molar-refractivity contribution in [3.05, 3.63) is 54.7 Å². The van der Waals surface area contributed by atoms with Gasteiger partial charge in [-0.25, -0.2) is 0 Å². The number of halogens is 1. The van der Waals surface area contributed by atoms with Crippen LogP contribution in [0.25, 0.3) is 10.8 Å². The van der Waals surface area contributed by atoms with Gasteiger partial charge in [0.2, 0.25) is 0 Å². The molecule has 0 radical (unpaired) electrons. The summed E-state index contributed by atoms with van der Waals surface area (Å²) in [5.41, 5.74) is 2.15. The molecule has 0 saturated heterocycles. The van der Waals surface area contributed by atoms with Gasteiger partial charge in [-0.1, -0.05) is 61.5 Å². The molecule has 0 bridgehead atoms. The van der Waals surface area contributed by atoms with Crippen LogP contribution < -0.4 is 5.19 Å². The maximum Gasteiger partial charge on any atom is 0.183 e. The number of hydrogen-bond donors (Lipinski definition) is 0. The smallest absolute Gasteiger partial charge is 0.115 e. The Bertz CT molecular complexity index is 530. The summed E-state index contributed by atoms with van der Waals surface area (Å²) in [6, 6.07) is 16.4. The molecular formula is C15H17BrSi. The summed E-state index contributed by atoms with van der Waals surface area (Å²) in [6.45, 7) is 4.60. The van der Waals surface area contributed by atoms with Crippen LogP contribution in [0.1, 0.15) is 13.3 Å². The van der Waals surface area contributed by atoms with E-state index in [4.69, 9.17) is 0 Å². The van der Waals surface area contributed by atoms with Gasteiger partial charge in [0, 0.05) is 0 Å². The van der Waals surface area contributed by atoms with Gasteiger partial charge in [0.25, 0.3) is 0 Å². The zero-order valence-electron chi connectivity index (χ0n) is 10.1. The fourth-order valence-electron chi connectivity index (χ4n) is 2.30. The maximum atomic E-state index is 4.05. The lowest BCUT2D eigenvalue weighted by Crippen LogP contribution is -2.40. The second-order valence-corrected chi connectivity index (χ2v) is 11.8. The minimum atomic E-state index is -1.69. The van der Waals surface area contributed by atoms with Crippen molar-refractivity contribution >= 4 is 37.9 Å². The van der Waals surface area contributed by atoms with Crippen molar-refractivity contribution in [2.24, 2.45) is 0 Å². The fourth-order valence-corrected chi connectivity index (χ4v) is 6.99. The van der Waals surface area contributed by atoms with Gasteiger partial charge in [0.05, 0.1) is 0 Å². The largest absolute Gasteiger partial charge is 0.183 e. The molecular weight excluding hydrogens is 288 g/mol. The van der Waals surface area contributed by atoms with Crippen LogP contribution in [0.15, 0.2) is 54.7 Å². The van der Waals surface area contributed by atoms with Crippen molar-refractivity contribution in [1.29, 1.82) is 0 Å². The van der Waals surface area contributed by atoms with Gasteiger partial charge in [-0.15, -0.1) is 21.9 Å². The zero-order chi connectivity index (χ0) is 12.3. The monoisotopic (exact) mass is 304 g/mol. The van der Waals surface area contributed by atoms with Crippen molar-refractivity contribution in [2.75, 3.05) is 0 Å². The van der Waals surface area contributed by atoms with Gasteiger partial charge in [0.1, 0.15) is 0 Å². The molecule has 0 heterocycles. The zero-order valence-corrected chi connectivity index (χ0v) is 12.7. The molecule has 0 nitrogen and oxygen atoms in total. The van der Waals surface area contributed by atoms with E-state index in [2.05, 4.69) is 77.0 Å². The van der Waals surface area contributed by atoms with Gasteiger partial charge in [-0.05, 0) is 22.0 Å². The van der Waals surface area contributed by atoms with Crippen molar-refractivity contribution in [3.8, 4) is 0 Å². The van der Waals surface area contributed by atoms with Crippen LogP contribution in [-0.2, 0) is 0 Å². The number of rotatable bonds is 4. The van der Waals surface area contributed by atoms with E-state index in [0.717, 1.165) is 0 Å².